The van der Waals surface area contributed by atoms with E-state index in [9.17, 15) is 9.90 Å². The Kier molecular flexibility index (Phi) is 5.08. The Morgan fingerprint density at radius 1 is 1.22 bits per heavy atom. The Bertz CT molecular complexity index is 992. The maximum absolute atomic E-state index is 13.4. The first-order chi connectivity index (χ1) is 15.7. The highest BCUT2D eigenvalue weighted by Gasteiger charge is 2.62. The summed E-state index contributed by atoms with van der Waals surface area (Å²) < 4.78 is 6.57. The van der Waals surface area contributed by atoms with Crippen LogP contribution in [0.1, 0.15) is 40.2 Å². The molecule has 4 atom stereocenters. The molecule has 1 aromatic carbocycles. The largest absolute Gasteiger partial charge is 0.396 e. The number of aliphatic hydroxyl groups is 1. The lowest BCUT2D eigenvalue weighted by atomic mass is 9.83. The van der Waals surface area contributed by atoms with Gasteiger partial charge in [-0.15, -0.1) is 0 Å². The second-order valence-electron chi connectivity index (χ2n) is 10.1. The molecular formula is C25H32N4O3. The zero-order valence-corrected chi connectivity index (χ0v) is 18.5. The second-order valence-corrected chi connectivity index (χ2v) is 10.1. The van der Waals surface area contributed by atoms with Crippen molar-refractivity contribution in [1.82, 2.24) is 20.0 Å². The number of carbonyl (C=O) groups is 1. The number of fused-ring (bicyclic) bond motifs is 2. The van der Waals surface area contributed by atoms with Crippen molar-refractivity contribution in [3.63, 3.8) is 0 Å². The first kappa shape index (κ1) is 20.4. The fraction of sp³-hybridized carbons (Fsp3) is 0.600. The van der Waals surface area contributed by atoms with Gasteiger partial charge >= 0.3 is 0 Å². The number of aromatic amines is 1. The third-order valence-corrected chi connectivity index (χ3v) is 8.15. The number of nitrogens with zero attached hydrogens (tertiary/aromatic N) is 3. The lowest BCUT2D eigenvalue weighted by Crippen LogP contribution is -2.55. The summed E-state index contributed by atoms with van der Waals surface area (Å²) in [5.41, 5.74) is 3.84. The van der Waals surface area contributed by atoms with Gasteiger partial charge in [0.2, 0.25) is 0 Å². The Balaban J connectivity index is 1.16. The van der Waals surface area contributed by atoms with Crippen molar-refractivity contribution in [2.45, 2.75) is 43.8 Å². The first-order valence-corrected chi connectivity index (χ1v) is 12.1. The van der Waals surface area contributed by atoms with Gasteiger partial charge in [-0.1, -0.05) is 30.3 Å². The van der Waals surface area contributed by atoms with E-state index in [0.29, 0.717) is 18.8 Å². The molecule has 1 aliphatic carbocycles. The molecule has 0 unspecified atom stereocenters. The number of aromatic nitrogens is 2. The number of rotatable bonds is 6. The molecule has 4 aliphatic rings. The van der Waals surface area contributed by atoms with Crippen LogP contribution in [0.4, 0.5) is 0 Å². The van der Waals surface area contributed by atoms with Crippen molar-refractivity contribution >= 4 is 5.91 Å². The number of nitrogens with one attached hydrogen (secondary N) is 1. The monoisotopic (exact) mass is 436 g/mol. The van der Waals surface area contributed by atoms with E-state index in [1.165, 1.54) is 5.56 Å². The number of hydrogen-bond acceptors (Lipinski definition) is 5. The van der Waals surface area contributed by atoms with E-state index in [0.717, 1.165) is 63.0 Å². The molecule has 1 spiro atoms. The standard InChI is InChI=1S/C25H32N4O3/c30-14-19-20-12-28(11-5-8-17-6-2-1-3-7-17)15-25(20)16-29(13-22(19)32-25)24(31)23-18-9-4-10-21(18)26-27-23/h1-3,6-7,19-20,22,30H,4-5,8-16H2,(H,26,27)/t19-,20+,22+,25-/m0/s1. The molecule has 4 heterocycles. The van der Waals surface area contributed by atoms with Gasteiger partial charge in [0.1, 0.15) is 5.60 Å². The molecular weight excluding hydrogens is 404 g/mol. The van der Waals surface area contributed by atoms with Gasteiger partial charge < -0.3 is 14.7 Å². The van der Waals surface area contributed by atoms with Crippen LogP contribution in [-0.2, 0) is 24.0 Å². The normalized spacial score (nSPS) is 31.2. The molecule has 6 rings (SSSR count). The maximum Gasteiger partial charge on any atom is 0.274 e. The molecule has 2 bridgehead atoms. The van der Waals surface area contributed by atoms with Crippen LogP contribution in [0.3, 0.4) is 0 Å². The quantitative estimate of drug-likeness (QED) is 0.720. The van der Waals surface area contributed by atoms with Crippen molar-refractivity contribution in [2.24, 2.45) is 11.8 Å². The molecule has 3 aliphatic heterocycles. The third-order valence-electron chi connectivity index (χ3n) is 8.15. The number of ether oxygens (including phenoxy) is 1. The Morgan fingerprint density at radius 3 is 2.94 bits per heavy atom. The minimum atomic E-state index is -0.363. The summed E-state index contributed by atoms with van der Waals surface area (Å²) >= 11 is 0. The molecule has 0 saturated carbocycles. The van der Waals surface area contributed by atoms with Crippen molar-refractivity contribution in [2.75, 3.05) is 39.3 Å². The summed E-state index contributed by atoms with van der Waals surface area (Å²) in [4.78, 5) is 17.9. The lowest BCUT2D eigenvalue weighted by molar-refractivity contribution is -0.108. The van der Waals surface area contributed by atoms with Crippen LogP contribution in [-0.4, -0.2) is 82.0 Å². The number of H-pyrrole nitrogens is 1. The summed E-state index contributed by atoms with van der Waals surface area (Å²) in [6, 6.07) is 10.6. The number of morpholine rings is 1. The minimum Gasteiger partial charge on any atom is -0.396 e. The van der Waals surface area contributed by atoms with E-state index < -0.39 is 0 Å². The Labute approximate surface area is 188 Å². The number of aryl methyl sites for hydroxylation is 2. The smallest absolute Gasteiger partial charge is 0.274 e. The van der Waals surface area contributed by atoms with Crippen molar-refractivity contribution in [3.05, 3.63) is 52.8 Å². The fourth-order valence-corrected chi connectivity index (χ4v) is 6.65. The summed E-state index contributed by atoms with van der Waals surface area (Å²) in [5.74, 6) is 0.394. The van der Waals surface area contributed by atoms with Crippen molar-refractivity contribution in [1.29, 1.82) is 0 Å². The van der Waals surface area contributed by atoms with E-state index in [2.05, 4.69) is 45.4 Å². The highest BCUT2D eigenvalue weighted by atomic mass is 16.5. The number of likely N-dealkylation sites (tertiary alicyclic amines) is 2. The van der Waals surface area contributed by atoms with Crippen LogP contribution in [0.5, 0.6) is 0 Å². The van der Waals surface area contributed by atoms with Gasteiger partial charge in [0.05, 0.1) is 12.6 Å². The average Bonchev–Trinajstić information content (AvgIpc) is 3.53. The van der Waals surface area contributed by atoms with E-state index >= 15 is 0 Å². The summed E-state index contributed by atoms with van der Waals surface area (Å²) in [5, 5.41) is 17.6. The van der Waals surface area contributed by atoms with E-state index in [1.807, 2.05) is 4.90 Å². The van der Waals surface area contributed by atoms with Crippen LogP contribution in [0.15, 0.2) is 30.3 Å². The van der Waals surface area contributed by atoms with E-state index in [-0.39, 0.29) is 36.1 Å². The predicted molar refractivity (Wildman–Crippen MR) is 119 cm³/mol. The van der Waals surface area contributed by atoms with Crippen molar-refractivity contribution < 1.29 is 14.6 Å². The first-order valence-electron chi connectivity index (χ1n) is 12.1. The average molecular weight is 437 g/mol. The van der Waals surface area contributed by atoms with Gasteiger partial charge in [-0.3, -0.25) is 14.8 Å². The molecule has 7 nitrogen and oxygen atoms in total. The molecule has 3 fully saturated rings. The maximum atomic E-state index is 13.4. The fourth-order valence-electron chi connectivity index (χ4n) is 6.65. The minimum absolute atomic E-state index is 0.0249. The summed E-state index contributed by atoms with van der Waals surface area (Å²) in [6.07, 6.45) is 5.09. The molecule has 1 amide bonds. The van der Waals surface area contributed by atoms with E-state index in [4.69, 9.17) is 4.74 Å². The zero-order chi connectivity index (χ0) is 21.7. The third kappa shape index (κ3) is 3.29. The predicted octanol–water partition coefficient (Wildman–Crippen LogP) is 1.66. The van der Waals surface area contributed by atoms with Crippen LogP contribution in [0, 0.1) is 11.8 Å². The van der Waals surface area contributed by atoms with E-state index in [1.54, 1.807) is 0 Å². The Hall–Kier alpha value is -2.22. The summed E-state index contributed by atoms with van der Waals surface area (Å²) in [6.45, 7) is 4.06. The lowest BCUT2D eigenvalue weighted by Gasteiger charge is -2.40. The second kappa shape index (κ2) is 7.97. The van der Waals surface area contributed by atoms with Gasteiger partial charge in [-0.25, -0.2) is 0 Å². The topological polar surface area (TPSA) is 81.7 Å². The Morgan fingerprint density at radius 2 is 2.09 bits per heavy atom. The van der Waals surface area contributed by atoms with Crippen LogP contribution >= 0.6 is 0 Å². The SMILES string of the molecule is O=C(c1n[nH]c2c1CCC2)N1C[C@H]2O[C@@]3(CN(CCCc4ccccc4)C[C@@H]3[C@@H]2CO)C1. The van der Waals surface area contributed by atoms with Gasteiger partial charge in [0, 0.05) is 49.3 Å². The molecule has 2 N–H and O–H groups in total. The number of carbonyl (C=O) groups excluding carboxylic acids is 1. The summed E-state index contributed by atoms with van der Waals surface area (Å²) in [7, 11) is 0. The van der Waals surface area contributed by atoms with Crippen LogP contribution < -0.4 is 0 Å². The number of aliphatic hydroxyl groups excluding tert-OH is 1. The number of hydrogen-bond donors (Lipinski definition) is 2. The number of amides is 1. The zero-order valence-electron chi connectivity index (χ0n) is 18.5. The van der Waals surface area contributed by atoms with Crippen molar-refractivity contribution in [3.8, 4) is 0 Å². The van der Waals surface area contributed by atoms with Gasteiger partial charge in [-0.05, 0) is 44.2 Å². The molecule has 7 heteroatoms. The van der Waals surface area contributed by atoms with Crippen LogP contribution in [0.25, 0.3) is 0 Å². The molecule has 0 radical (unpaired) electrons. The highest BCUT2D eigenvalue weighted by molar-refractivity contribution is 5.94. The van der Waals surface area contributed by atoms with Gasteiger partial charge in [0.15, 0.2) is 5.69 Å². The molecule has 2 aromatic rings. The molecule has 32 heavy (non-hydrogen) atoms. The van der Waals surface area contributed by atoms with Gasteiger partial charge in [0.25, 0.3) is 5.91 Å². The number of benzene rings is 1. The molecule has 3 saturated heterocycles. The van der Waals surface area contributed by atoms with Gasteiger partial charge in [-0.2, -0.15) is 5.10 Å². The molecule has 1 aromatic heterocycles. The highest BCUT2D eigenvalue weighted by Crippen LogP contribution is 2.49. The van der Waals surface area contributed by atoms with Crippen LogP contribution in [0.2, 0.25) is 0 Å². The molecule has 170 valence electrons.